The van der Waals surface area contributed by atoms with E-state index in [1.807, 2.05) is 13.8 Å². The monoisotopic (exact) mass is 246 g/mol. The molecular formula is C11H22N2O4. The molecule has 0 aromatic carbocycles. The largest absolute Gasteiger partial charge is 0.481 e. The summed E-state index contributed by atoms with van der Waals surface area (Å²) >= 11 is 0. The number of carbonyl (C=O) groups excluding carboxylic acids is 1. The van der Waals surface area contributed by atoms with Crippen LogP contribution in [0.4, 0.5) is 4.79 Å². The van der Waals surface area contributed by atoms with Gasteiger partial charge in [-0.05, 0) is 19.8 Å². The molecule has 0 rings (SSSR count). The van der Waals surface area contributed by atoms with Gasteiger partial charge in [0, 0.05) is 25.8 Å². The maximum atomic E-state index is 11.4. The summed E-state index contributed by atoms with van der Waals surface area (Å²) in [5, 5.41) is 13.9. The minimum Gasteiger partial charge on any atom is -0.481 e. The highest BCUT2D eigenvalue weighted by molar-refractivity contribution is 5.75. The standard InChI is InChI=1S/C11H22N2O4/c1-3-9(8-10(14)15)13-11(16)12-6-5-7-17-4-2/h9H,3-8H2,1-2H3,(H,14,15)(H2,12,13,16). The predicted octanol–water partition coefficient (Wildman–Crippen LogP) is 0.965. The number of ether oxygens (including phenoxy) is 1. The highest BCUT2D eigenvalue weighted by Crippen LogP contribution is 1.97. The predicted molar refractivity (Wildman–Crippen MR) is 64.0 cm³/mol. The minimum absolute atomic E-state index is 0.0527. The van der Waals surface area contributed by atoms with Crippen molar-refractivity contribution in [1.82, 2.24) is 10.6 Å². The Kier molecular flexibility index (Phi) is 9.14. The molecule has 0 saturated carbocycles. The van der Waals surface area contributed by atoms with E-state index in [1.54, 1.807) is 0 Å². The Morgan fingerprint density at radius 1 is 1.35 bits per heavy atom. The number of amides is 2. The van der Waals surface area contributed by atoms with Gasteiger partial charge in [0.05, 0.1) is 6.42 Å². The van der Waals surface area contributed by atoms with Gasteiger partial charge in [0.2, 0.25) is 0 Å². The molecule has 100 valence electrons. The number of urea groups is 1. The van der Waals surface area contributed by atoms with Gasteiger partial charge in [-0.2, -0.15) is 0 Å². The Labute approximate surface area is 102 Å². The van der Waals surface area contributed by atoms with Crippen molar-refractivity contribution in [3.05, 3.63) is 0 Å². The van der Waals surface area contributed by atoms with Crippen LogP contribution in [0.5, 0.6) is 0 Å². The molecule has 0 aliphatic rings. The molecule has 0 aromatic rings. The third-order valence-corrected chi connectivity index (χ3v) is 2.20. The van der Waals surface area contributed by atoms with Crippen molar-refractivity contribution in [1.29, 1.82) is 0 Å². The molecule has 1 atom stereocenters. The van der Waals surface area contributed by atoms with E-state index < -0.39 is 5.97 Å². The second-order valence-electron chi connectivity index (χ2n) is 3.65. The van der Waals surface area contributed by atoms with E-state index in [0.29, 0.717) is 26.2 Å². The van der Waals surface area contributed by atoms with Crippen molar-refractivity contribution >= 4 is 12.0 Å². The number of nitrogens with one attached hydrogen (secondary N) is 2. The van der Waals surface area contributed by atoms with Crippen LogP contribution in [0.25, 0.3) is 0 Å². The summed E-state index contributed by atoms with van der Waals surface area (Å²) in [6, 6.07) is -0.644. The molecule has 6 nitrogen and oxygen atoms in total. The lowest BCUT2D eigenvalue weighted by Crippen LogP contribution is -2.43. The lowest BCUT2D eigenvalue weighted by Gasteiger charge is -2.15. The first-order valence-corrected chi connectivity index (χ1v) is 5.94. The smallest absolute Gasteiger partial charge is 0.315 e. The molecule has 6 heteroatoms. The van der Waals surface area contributed by atoms with Crippen LogP contribution in [0.3, 0.4) is 0 Å². The van der Waals surface area contributed by atoms with Gasteiger partial charge in [-0.1, -0.05) is 6.92 Å². The molecule has 1 unspecified atom stereocenters. The van der Waals surface area contributed by atoms with Gasteiger partial charge in [0.25, 0.3) is 0 Å². The summed E-state index contributed by atoms with van der Waals surface area (Å²) in [7, 11) is 0. The average molecular weight is 246 g/mol. The molecule has 0 aliphatic heterocycles. The van der Waals surface area contributed by atoms with Crippen LogP contribution in [-0.2, 0) is 9.53 Å². The molecule has 0 aliphatic carbocycles. The normalized spacial score (nSPS) is 11.9. The van der Waals surface area contributed by atoms with Gasteiger partial charge in [-0.25, -0.2) is 4.79 Å². The van der Waals surface area contributed by atoms with E-state index in [-0.39, 0.29) is 18.5 Å². The fraction of sp³-hybridized carbons (Fsp3) is 0.818. The zero-order valence-electron chi connectivity index (χ0n) is 10.5. The third-order valence-electron chi connectivity index (χ3n) is 2.20. The van der Waals surface area contributed by atoms with Gasteiger partial charge in [0.1, 0.15) is 0 Å². The van der Waals surface area contributed by atoms with Gasteiger partial charge < -0.3 is 20.5 Å². The van der Waals surface area contributed by atoms with Crippen molar-refractivity contribution < 1.29 is 19.4 Å². The number of rotatable bonds is 9. The molecule has 0 saturated heterocycles. The molecule has 0 fully saturated rings. The van der Waals surface area contributed by atoms with Gasteiger partial charge in [0.15, 0.2) is 0 Å². The van der Waals surface area contributed by atoms with Gasteiger partial charge in [-0.3, -0.25) is 4.79 Å². The first kappa shape index (κ1) is 15.7. The summed E-state index contributed by atoms with van der Waals surface area (Å²) in [4.78, 5) is 21.9. The lowest BCUT2D eigenvalue weighted by atomic mass is 10.1. The van der Waals surface area contributed by atoms with Crippen molar-refractivity contribution in [3.8, 4) is 0 Å². The molecule has 2 amide bonds. The number of hydrogen-bond donors (Lipinski definition) is 3. The van der Waals surface area contributed by atoms with Crippen molar-refractivity contribution in [2.24, 2.45) is 0 Å². The fourth-order valence-electron chi connectivity index (χ4n) is 1.27. The number of carbonyl (C=O) groups is 2. The second kappa shape index (κ2) is 9.89. The van der Waals surface area contributed by atoms with Crippen molar-refractivity contribution in [2.45, 2.75) is 39.2 Å². The van der Waals surface area contributed by atoms with Crippen LogP contribution in [0.15, 0.2) is 0 Å². The Morgan fingerprint density at radius 2 is 2.06 bits per heavy atom. The van der Waals surface area contributed by atoms with Gasteiger partial charge in [-0.15, -0.1) is 0 Å². The van der Waals surface area contributed by atoms with E-state index >= 15 is 0 Å². The van der Waals surface area contributed by atoms with E-state index in [0.717, 1.165) is 6.42 Å². The van der Waals surface area contributed by atoms with Crippen molar-refractivity contribution in [3.63, 3.8) is 0 Å². The average Bonchev–Trinajstić information content (AvgIpc) is 2.27. The molecule has 0 radical (unpaired) electrons. The van der Waals surface area contributed by atoms with E-state index in [4.69, 9.17) is 9.84 Å². The van der Waals surface area contributed by atoms with Crippen LogP contribution in [-0.4, -0.2) is 42.9 Å². The molecule has 0 spiro atoms. The number of carboxylic acids is 1. The zero-order valence-corrected chi connectivity index (χ0v) is 10.5. The highest BCUT2D eigenvalue weighted by Gasteiger charge is 2.13. The SMILES string of the molecule is CCOCCCNC(=O)NC(CC)CC(=O)O. The van der Waals surface area contributed by atoms with Crippen LogP contribution in [0.1, 0.15) is 33.1 Å². The molecule has 17 heavy (non-hydrogen) atoms. The van der Waals surface area contributed by atoms with Crippen LogP contribution in [0.2, 0.25) is 0 Å². The van der Waals surface area contributed by atoms with E-state index in [1.165, 1.54) is 0 Å². The van der Waals surface area contributed by atoms with E-state index in [2.05, 4.69) is 10.6 Å². The van der Waals surface area contributed by atoms with Crippen LogP contribution in [0, 0.1) is 0 Å². The van der Waals surface area contributed by atoms with Crippen molar-refractivity contribution in [2.75, 3.05) is 19.8 Å². The lowest BCUT2D eigenvalue weighted by molar-refractivity contribution is -0.137. The number of hydrogen-bond acceptors (Lipinski definition) is 3. The Morgan fingerprint density at radius 3 is 2.59 bits per heavy atom. The molecule has 3 N–H and O–H groups in total. The Bertz CT molecular complexity index is 234. The van der Waals surface area contributed by atoms with Gasteiger partial charge >= 0.3 is 12.0 Å². The first-order valence-electron chi connectivity index (χ1n) is 5.94. The molecule has 0 aromatic heterocycles. The zero-order chi connectivity index (χ0) is 13.1. The summed E-state index contributed by atoms with van der Waals surface area (Å²) in [5.41, 5.74) is 0. The maximum Gasteiger partial charge on any atom is 0.315 e. The molecule has 0 bridgehead atoms. The second-order valence-corrected chi connectivity index (χ2v) is 3.65. The third kappa shape index (κ3) is 9.62. The number of carboxylic acid groups (broad SMARTS) is 1. The quantitative estimate of drug-likeness (QED) is 0.529. The minimum atomic E-state index is -0.909. The summed E-state index contributed by atoms with van der Waals surface area (Å²) in [6.45, 7) is 5.56. The first-order chi connectivity index (χ1) is 8.10. The Hall–Kier alpha value is -1.30. The van der Waals surface area contributed by atoms with Crippen LogP contribution >= 0.6 is 0 Å². The number of aliphatic carboxylic acids is 1. The topological polar surface area (TPSA) is 87.7 Å². The highest BCUT2D eigenvalue weighted by atomic mass is 16.5. The summed E-state index contributed by atoms with van der Waals surface area (Å²) in [6.07, 6.45) is 1.29. The fourth-order valence-corrected chi connectivity index (χ4v) is 1.27. The molecular weight excluding hydrogens is 224 g/mol. The Balaban J connectivity index is 3.64. The summed E-state index contributed by atoms with van der Waals surface area (Å²) in [5.74, 6) is -0.909. The summed E-state index contributed by atoms with van der Waals surface area (Å²) < 4.78 is 5.12. The van der Waals surface area contributed by atoms with E-state index in [9.17, 15) is 9.59 Å². The maximum absolute atomic E-state index is 11.4. The molecule has 0 heterocycles. The van der Waals surface area contributed by atoms with Crippen LogP contribution < -0.4 is 10.6 Å².